The highest BCUT2D eigenvalue weighted by Crippen LogP contribution is 2.40. The second-order valence-electron chi connectivity index (χ2n) is 5.06. The van der Waals surface area contributed by atoms with Crippen molar-refractivity contribution in [1.29, 1.82) is 0 Å². The van der Waals surface area contributed by atoms with Crippen LogP contribution in [0.1, 0.15) is 31.9 Å². The maximum atomic E-state index is 11.3. The fourth-order valence-electron chi connectivity index (χ4n) is 1.89. The molecule has 1 aliphatic heterocycles. The Kier molecular flexibility index (Phi) is 2.41. The first-order valence-corrected chi connectivity index (χ1v) is 5.34. The summed E-state index contributed by atoms with van der Waals surface area (Å²) in [5.74, 6) is 1.31. The van der Waals surface area contributed by atoms with E-state index in [0.29, 0.717) is 6.42 Å². The van der Waals surface area contributed by atoms with Crippen molar-refractivity contribution in [3.8, 4) is 11.5 Å². The SMILES string of the molecule is COc1cc2c(c(C(C)(C)C)c1)OC(=O)C2. The molecule has 1 aliphatic rings. The molecule has 86 valence electrons. The third-order valence-electron chi connectivity index (χ3n) is 2.73. The van der Waals surface area contributed by atoms with Crippen molar-refractivity contribution in [3.63, 3.8) is 0 Å². The molecule has 0 amide bonds. The van der Waals surface area contributed by atoms with E-state index in [1.54, 1.807) is 7.11 Å². The quantitative estimate of drug-likeness (QED) is 0.538. The number of hydrogen-bond donors (Lipinski definition) is 0. The maximum absolute atomic E-state index is 11.3. The fourth-order valence-corrected chi connectivity index (χ4v) is 1.89. The molecule has 3 nitrogen and oxygen atoms in total. The van der Waals surface area contributed by atoms with Crippen molar-refractivity contribution in [2.75, 3.05) is 7.11 Å². The minimum atomic E-state index is -0.186. The van der Waals surface area contributed by atoms with Gasteiger partial charge in [-0.1, -0.05) is 20.8 Å². The molecule has 1 aromatic carbocycles. The third-order valence-corrected chi connectivity index (χ3v) is 2.73. The van der Waals surface area contributed by atoms with Gasteiger partial charge in [0.25, 0.3) is 0 Å². The summed E-state index contributed by atoms with van der Waals surface area (Å²) in [7, 11) is 1.63. The van der Waals surface area contributed by atoms with Gasteiger partial charge in [-0.15, -0.1) is 0 Å². The van der Waals surface area contributed by atoms with E-state index in [2.05, 4.69) is 20.8 Å². The standard InChI is InChI=1S/C13H16O3/c1-13(2,3)10-7-9(15-4)5-8-6-11(14)16-12(8)10/h5,7H,6H2,1-4H3. The van der Waals surface area contributed by atoms with E-state index in [1.807, 2.05) is 12.1 Å². The van der Waals surface area contributed by atoms with E-state index in [0.717, 1.165) is 22.6 Å². The molecule has 1 aromatic rings. The first-order valence-electron chi connectivity index (χ1n) is 5.34. The minimum Gasteiger partial charge on any atom is -0.497 e. The molecule has 2 rings (SSSR count). The second kappa shape index (κ2) is 3.51. The minimum absolute atomic E-state index is 0.0662. The summed E-state index contributed by atoms with van der Waals surface area (Å²) in [6.45, 7) is 6.27. The van der Waals surface area contributed by atoms with Crippen molar-refractivity contribution in [1.82, 2.24) is 0 Å². The van der Waals surface area contributed by atoms with Crippen LogP contribution in [0.15, 0.2) is 12.1 Å². The van der Waals surface area contributed by atoms with Crippen LogP contribution in [0.2, 0.25) is 0 Å². The molecule has 3 heteroatoms. The number of fused-ring (bicyclic) bond motifs is 1. The zero-order valence-corrected chi connectivity index (χ0v) is 10.1. The van der Waals surface area contributed by atoms with Crippen LogP contribution in [0.3, 0.4) is 0 Å². The second-order valence-corrected chi connectivity index (χ2v) is 5.06. The highest BCUT2D eigenvalue weighted by atomic mass is 16.5. The topological polar surface area (TPSA) is 35.5 Å². The molecule has 0 spiro atoms. The van der Waals surface area contributed by atoms with Gasteiger partial charge in [0.2, 0.25) is 0 Å². The largest absolute Gasteiger partial charge is 0.497 e. The summed E-state index contributed by atoms with van der Waals surface area (Å²) in [6.07, 6.45) is 0.343. The van der Waals surface area contributed by atoms with Crippen molar-refractivity contribution in [2.24, 2.45) is 0 Å². The summed E-state index contributed by atoms with van der Waals surface area (Å²) in [4.78, 5) is 11.3. The molecule has 0 saturated heterocycles. The van der Waals surface area contributed by atoms with Gasteiger partial charge in [-0.25, -0.2) is 0 Å². The van der Waals surface area contributed by atoms with Crippen molar-refractivity contribution < 1.29 is 14.3 Å². The molecule has 0 saturated carbocycles. The fraction of sp³-hybridized carbons (Fsp3) is 0.462. The molecule has 0 N–H and O–H groups in total. The van der Waals surface area contributed by atoms with Crippen LogP contribution in [0.4, 0.5) is 0 Å². The van der Waals surface area contributed by atoms with Gasteiger partial charge in [-0.2, -0.15) is 0 Å². The number of rotatable bonds is 1. The lowest BCUT2D eigenvalue weighted by Crippen LogP contribution is -2.13. The number of ether oxygens (including phenoxy) is 2. The van der Waals surface area contributed by atoms with E-state index >= 15 is 0 Å². The zero-order valence-electron chi connectivity index (χ0n) is 10.1. The number of benzene rings is 1. The highest BCUT2D eigenvalue weighted by molar-refractivity contribution is 5.82. The lowest BCUT2D eigenvalue weighted by Gasteiger charge is -2.22. The number of methoxy groups -OCH3 is 1. The lowest BCUT2D eigenvalue weighted by molar-refractivity contribution is -0.131. The molecule has 0 unspecified atom stereocenters. The Morgan fingerprint density at radius 2 is 2.00 bits per heavy atom. The predicted octanol–water partition coefficient (Wildman–Crippen LogP) is 2.45. The smallest absolute Gasteiger partial charge is 0.315 e. The van der Waals surface area contributed by atoms with E-state index in [-0.39, 0.29) is 11.4 Å². The van der Waals surface area contributed by atoms with E-state index in [9.17, 15) is 4.79 Å². The Hall–Kier alpha value is -1.51. The molecule has 0 atom stereocenters. The predicted molar refractivity (Wildman–Crippen MR) is 61.0 cm³/mol. The average molecular weight is 220 g/mol. The van der Waals surface area contributed by atoms with Crippen LogP contribution in [0, 0.1) is 0 Å². The molecule has 0 aromatic heterocycles. The Bertz CT molecular complexity index is 441. The van der Waals surface area contributed by atoms with Gasteiger partial charge in [-0.05, 0) is 17.5 Å². The highest BCUT2D eigenvalue weighted by Gasteiger charge is 2.29. The van der Waals surface area contributed by atoms with E-state index in [1.165, 1.54) is 0 Å². The first-order chi connectivity index (χ1) is 7.41. The van der Waals surface area contributed by atoms with Crippen LogP contribution in [0.5, 0.6) is 11.5 Å². The Balaban J connectivity index is 2.60. The summed E-state index contributed by atoms with van der Waals surface area (Å²) < 4.78 is 10.5. The summed E-state index contributed by atoms with van der Waals surface area (Å²) in [6, 6.07) is 3.81. The van der Waals surface area contributed by atoms with Gasteiger partial charge in [0.05, 0.1) is 13.5 Å². The van der Waals surface area contributed by atoms with Crippen LogP contribution in [-0.4, -0.2) is 13.1 Å². The molecule has 0 bridgehead atoms. The third kappa shape index (κ3) is 1.77. The Labute approximate surface area is 95.4 Å². The number of carbonyl (C=O) groups is 1. The molecule has 16 heavy (non-hydrogen) atoms. The van der Waals surface area contributed by atoms with Crippen LogP contribution < -0.4 is 9.47 Å². The van der Waals surface area contributed by atoms with Gasteiger partial charge >= 0.3 is 5.97 Å². The van der Waals surface area contributed by atoms with Crippen molar-refractivity contribution >= 4 is 5.97 Å². The van der Waals surface area contributed by atoms with E-state index in [4.69, 9.17) is 9.47 Å². The molecule has 1 heterocycles. The van der Waals surface area contributed by atoms with Crippen LogP contribution in [-0.2, 0) is 16.6 Å². The van der Waals surface area contributed by atoms with Crippen molar-refractivity contribution in [2.45, 2.75) is 32.6 Å². The van der Waals surface area contributed by atoms with Crippen LogP contribution in [0.25, 0.3) is 0 Å². The lowest BCUT2D eigenvalue weighted by atomic mass is 9.85. The number of carbonyl (C=O) groups excluding carboxylic acids is 1. The molecular weight excluding hydrogens is 204 g/mol. The Morgan fingerprint density at radius 1 is 1.31 bits per heavy atom. The van der Waals surface area contributed by atoms with Gasteiger partial charge in [-0.3, -0.25) is 4.79 Å². The number of esters is 1. The monoisotopic (exact) mass is 220 g/mol. The summed E-state index contributed by atoms with van der Waals surface area (Å²) >= 11 is 0. The molecule has 0 radical (unpaired) electrons. The summed E-state index contributed by atoms with van der Waals surface area (Å²) in [5, 5.41) is 0. The van der Waals surface area contributed by atoms with Gasteiger partial charge < -0.3 is 9.47 Å². The van der Waals surface area contributed by atoms with Gasteiger partial charge in [0.1, 0.15) is 11.5 Å². The molecule has 0 aliphatic carbocycles. The maximum Gasteiger partial charge on any atom is 0.315 e. The summed E-state index contributed by atoms with van der Waals surface area (Å²) in [5.41, 5.74) is 1.88. The van der Waals surface area contributed by atoms with Gasteiger partial charge in [0, 0.05) is 11.1 Å². The first kappa shape index (κ1) is 11.0. The number of hydrogen-bond acceptors (Lipinski definition) is 3. The molecule has 0 fully saturated rings. The Morgan fingerprint density at radius 3 is 2.56 bits per heavy atom. The van der Waals surface area contributed by atoms with Gasteiger partial charge in [0.15, 0.2) is 0 Å². The van der Waals surface area contributed by atoms with Crippen LogP contribution >= 0.6 is 0 Å². The van der Waals surface area contributed by atoms with Crippen molar-refractivity contribution in [3.05, 3.63) is 23.3 Å². The average Bonchev–Trinajstić information content (AvgIpc) is 2.54. The molecular formula is C13H16O3. The normalized spacial score (nSPS) is 14.6. The zero-order chi connectivity index (χ0) is 11.9. The van der Waals surface area contributed by atoms with E-state index < -0.39 is 0 Å².